The maximum Gasteiger partial charge on any atom is 0.115 e. The zero-order valence-electron chi connectivity index (χ0n) is 8.49. The van der Waals surface area contributed by atoms with E-state index in [1.165, 1.54) is 0 Å². The predicted octanol–water partition coefficient (Wildman–Crippen LogP) is 1.61. The van der Waals surface area contributed by atoms with Crippen LogP contribution in [0.1, 0.15) is 26.5 Å². The Balaban J connectivity index is 2.35. The molecule has 0 aliphatic heterocycles. The number of hydrogen-bond acceptors (Lipinski definition) is 3. The van der Waals surface area contributed by atoms with Crippen molar-refractivity contribution in [2.75, 3.05) is 0 Å². The second-order valence-electron chi connectivity index (χ2n) is 3.61. The summed E-state index contributed by atoms with van der Waals surface area (Å²) in [4.78, 5) is 8.01. The Hall–Kier alpha value is -0.960. The van der Waals surface area contributed by atoms with Crippen molar-refractivity contribution in [3.63, 3.8) is 0 Å². The van der Waals surface area contributed by atoms with Crippen molar-refractivity contribution in [1.29, 1.82) is 0 Å². The summed E-state index contributed by atoms with van der Waals surface area (Å²) >= 11 is 0. The van der Waals surface area contributed by atoms with E-state index in [0.29, 0.717) is 12.0 Å². The van der Waals surface area contributed by atoms with Crippen molar-refractivity contribution >= 4 is 0 Å². The molecule has 1 heterocycles. The third kappa shape index (κ3) is 3.51. The van der Waals surface area contributed by atoms with Gasteiger partial charge in [-0.05, 0) is 18.9 Å². The molecule has 0 aromatic carbocycles. The largest absolute Gasteiger partial charge is 0.308 e. The summed E-state index contributed by atoms with van der Waals surface area (Å²) in [6, 6.07) is 2.45. The van der Waals surface area contributed by atoms with Crippen molar-refractivity contribution in [2.24, 2.45) is 5.92 Å². The molecule has 1 unspecified atom stereocenters. The van der Waals surface area contributed by atoms with E-state index < -0.39 is 0 Å². The standard InChI is InChI=1S/C10H17N3/c1-8(2)9(3)12-6-10-4-5-11-7-13-10/h4-5,7-9,12H,6H2,1-3H3. The van der Waals surface area contributed by atoms with Crippen LogP contribution in [-0.2, 0) is 6.54 Å². The Morgan fingerprint density at radius 2 is 2.15 bits per heavy atom. The van der Waals surface area contributed by atoms with E-state index >= 15 is 0 Å². The van der Waals surface area contributed by atoms with Gasteiger partial charge in [-0.3, -0.25) is 0 Å². The summed E-state index contributed by atoms with van der Waals surface area (Å²) < 4.78 is 0. The molecule has 1 N–H and O–H groups in total. The molecular weight excluding hydrogens is 162 g/mol. The minimum absolute atomic E-state index is 0.523. The fraction of sp³-hybridized carbons (Fsp3) is 0.600. The van der Waals surface area contributed by atoms with Crippen molar-refractivity contribution in [3.8, 4) is 0 Å². The molecule has 1 rings (SSSR count). The molecule has 1 atom stereocenters. The van der Waals surface area contributed by atoms with Gasteiger partial charge in [-0.1, -0.05) is 13.8 Å². The van der Waals surface area contributed by atoms with Crippen LogP contribution in [0.15, 0.2) is 18.6 Å². The Labute approximate surface area is 79.6 Å². The lowest BCUT2D eigenvalue weighted by molar-refractivity contribution is 0.424. The second-order valence-corrected chi connectivity index (χ2v) is 3.61. The zero-order valence-corrected chi connectivity index (χ0v) is 8.49. The van der Waals surface area contributed by atoms with Gasteiger partial charge in [0.2, 0.25) is 0 Å². The van der Waals surface area contributed by atoms with Gasteiger partial charge >= 0.3 is 0 Å². The Morgan fingerprint density at radius 1 is 1.38 bits per heavy atom. The molecule has 1 aromatic heterocycles. The van der Waals surface area contributed by atoms with Gasteiger partial charge in [-0.15, -0.1) is 0 Å². The van der Waals surface area contributed by atoms with Crippen LogP contribution in [-0.4, -0.2) is 16.0 Å². The van der Waals surface area contributed by atoms with Gasteiger partial charge in [0.05, 0.1) is 5.69 Å². The molecule has 0 radical (unpaired) electrons. The molecule has 0 aliphatic carbocycles. The average molecular weight is 179 g/mol. The molecule has 0 amide bonds. The first kappa shape index (κ1) is 10.1. The lowest BCUT2D eigenvalue weighted by atomic mass is 10.1. The van der Waals surface area contributed by atoms with Crippen molar-refractivity contribution in [2.45, 2.75) is 33.4 Å². The van der Waals surface area contributed by atoms with Crippen molar-refractivity contribution < 1.29 is 0 Å². The molecule has 0 saturated carbocycles. The number of rotatable bonds is 4. The van der Waals surface area contributed by atoms with Gasteiger partial charge in [-0.2, -0.15) is 0 Å². The molecule has 13 heavy (non-hydrogen) atoms. The van der Waals surface area contributed by atoms with E-state index in [2.05, 4.69) is 36.1 Å². The summed E-state index contributed by atoms with van der Waals surface area (Å²) in [5.41, 5.74) is 1.04. The van der Waals surface area contributed by atoms with Crippen LogP contribution >= 0.6 is 0 Å². The highest BCUT2D eigenvalue weighted by atomic mass is 14.9. The molecule has 0 bridgehead atoms. The molecular formula is C10H17N3. The normalized spacial score (nSPS) is 13.2. The minimum atomic E-state index is 0.523. The van der Waals surface area contributed by atoms with E-state index in [1.54, 1.807) is 12.5 Å². The summed E-state index contributed by atoms with van der Waals surface area (Å²) in [6.45, 7) is 7.42. The molecule has 3 heteroatoms. The summed E-state index contributed by atoms with van der Waals surface area (Å²) in [6.07, 6.45) is 3.35. The highest BCUT2D eigenvalue weighted by Crippen LogP contribution is 2.00. The van der Waals surface area contributed by atoms with Crippen LogP contribution in [0.2, 0.25) is 0 Å². The van der Waals surface area contributed by atoms with Crippen LogP contribution < -0.4 is 5.32 Å². The van der Waals surface area contributed by atoms with Crippen LogP contribution in [0, 0.1) is 5.92 Å². The van der Waals surface area contributed by atoms with Gasteiger partial charge in [0, 0.05) is 18.8 Å². The highest BCUT2D eigenvalue weighted by Gasteiger charge is 2.05. The molecule has 72 valence electrons. The van der Waals surface area contributed by atoms with Gasteiger partial charge in [0.25, 0.3) is 0 Å². The lowest BCUT2D eigenvalue weighted by Crippen LogP contribution is -2.30. The van der Waals surface area contributed by atoms with Gasteiger partial charge in [0.15, 0.2) is 0 Å². The Bertz CT molecular complexity index is 233. The maximum atomic E-state index is 4.14. The molecule has 1 aromatic rings. The monoisotopic (exact) mass is 179 g/mol. The van der Waals surface area contributed by atoms with E-state index in [-0.39, 0.29) is 0 Å². The highest BCUT2D eigenvalue weighted by molar-refractivity contribution is 4.97. The Kier molecular flexibility index (Phi) is 3.83. The van der Waals surface area contributed by atoms with Gasteiger partial charge in [-0.25, -0.2) is 9.97 Å². The maximum absolute atomic E-state index is 4.14. The van der Waals surface area contributed by atoms with Gasteiger partial charge < -0.3 is 5.32 Å². The van der Waals surface area contributed by atoms with E-state index in [9.17, 15) is 0 Å². The van der Waals surface area contributed by atoms with Crippen molar-refractivity contribution in [3.05, 3.63) is 24.3 Å². The second kappa shape index (κ2) is 4.92. The number of aromatic nitrogens is 2. The Morgan fingerprint density at radius 3 is 2.69 bits per heavy atom. The van der Waals surface area contributed by atoms with E-state index in [4.69, 9.17) is 0 Å². The lowest BCUT2D eigenvalue weighted by Gasteiger charge is -2.16. The number of nitrogens with zero attached hydrogens (tertiary/aromatic N) is 2. The third-order valence-electron chi connectivity index (χ3n) is 2.25. The summed E-state index contributed by atoms with van der Waals surface area (Å²) in [5, 5.41) is 3.41. The summed E-state index contributed by atoms with van der Waals surface area (Å²) in [5.74, 6) is 0.654. The molecule has 3 nitrogen and oxygen atoms in total. The zero-order chi connectivity index (χ0) is 9.68. The smallest absolute Gasteiger partial charge is 0.115 e. The first-order valence-electron chi connectivity index (χ1n) is 4.68. The van der Waals surface area contributed by atoms with Crippen molar-refractivity contribution in [1.82, 2.24) is 15.3 Å². The average Bonchev–Trinajstić information content (AvgIpc) is 2.15. The molecule has 0 aliphatic rings. The topological polar surface area (TPSA) is 37.8 Å². The number of hydrogen-bond donors (Lipinski definition) is 1. The predicted molar refractivity (Wildman–Crippen MR) is 53.2 cm³/mol. The molecule has 0 spiro atoms. The van der Waals surface area contributed by atoms with Crippen LogP contribution in [0.3, 0.4) is 0 Å². The van der Waals surface area contributed by atoms with Crippen LogP contribution in [0.25, 0.3) is 0 Å². The van der Waals surface area contributed by atoms with E-state index in [1.807, 2.05) is 6.07 Å². The molecule has 0 fully saturated rings. The van der Waals surface area contributed by atoms with E-state index in [0.717, 1.165) is 12.2 Å². The minimum Gasteiger partial charge on any atom is -0.308 e. The SMILES string of the molecule is CC(C)C(C)NCc1ccncn1. The fourth-order valence-corrected chi connectivity index (χ4v) is 0.924. The summed E-state index contributed by atoms with van der Waals surface area (Å²) in [7, 11) is 0. The fourth-order valence-electron chi connectivity index (χ4n) is 0.924. The molecule has 0 saturated heterocycles. The van der Waals surface area contributed by atoms with Gasteiger partial charge in [0.1, 0.15) is 6.33 Å². The number of nitrogens with one attached hydrogen (secondary N) is 1. The van der Waals surface area contributed by atoms with Crippen LogP contribution in [0.4, 0.5) is 0 Å². The first-order valence-corrected chi connectivity index (χ1v) is 4.68. The first-order chi connectivity index (χ1) is 6.20. The quantitative estimate of drug-likeness (QED) is 0.763. The third-order valence-corrected chi connectivity index (χ3v) is 2.25. The van der Waals surface area contributed by atoms with Crippen LogP contribution in [0.5, 0.6) is 0 Å².